The fraction of sp³-hybridized carbons (Fsp3) is 0.857. The number of fused-ring (bicyclic) bond motifs is 1. The summed E-state index contributed by atoms with van der Waals surface area (Å²) in [6.07, 6.45) is 0.892. The van der Waals surface area contributed by atoms with Gasteiger partial charge in [0.25, 0.3) is 0 Å². The number of hydrogen-bond donors (Lipinski definition) is 1. The van der Waals surface area contributed by atoms with Gasteiger partial charge in [-0.3, -0.25) is 9.59 Å². The second kappa shape index (κ2) is 6.10. The van der Waals surface area contributed by atoms with Crippen molar-refractivity contribution < 1.29 is 24.2 Å². The largest absolute Gasteiger partial charge is 0.481 e. The van der Waals surface area contributed by atoms with Crippen molar-refractivity contribution in [3.8, 4) is 0 Å². The number of hydrogen-bond acceptors (Lipinski definition) is 4. The first-order valence-corrected chi connectivity index (χ1v) is 7.16. The Labute approximate surface area is 119 Å². The van der Waals surface area contributed by atoms with Gasteiger partial charge in [0.05, 0.1) is 31.2 Å². The van der Waals surface area contributed by atoms with Gasteiger partial charge in [0, 0.05) is 25.6 Å². The lowest BCUT2D eigenvalue weighted by Gasteiger charge is -2.33. The van der Waals surface area contributed by atoms with Crippen molar-refractivity contribution in [1.29, 1.82) is 0 Å². The van der Waals surface area contributed by atoms with Crippen LogP contribution in [0.4, 0.5) is 0 Å². The minimum atomic E-state index is -0.813. The van der Waals surface area contributed by atoms with Gasteiger partial charge in [-0.25, -0.2) is 0 Å². The van der Waals surface area contributed by atoms with Gasteiger partial charge in [-0.15, -0.1) is 0 Å². The van der Waals surface area contributed by atoms with E-state index in [9.17, 15) is 14.7 Å². The van der Waals surface area contributed by atoms with Crippen LogP contribution in [0.5, 0.6) is 0 Å². The van der Waals surface area contributed by atoms with Gasteiger partial charge >= 0.3 is 5.97 Å². The third-order valence-corrected chi connectivity index (χ3v) is 4.25. The molecule has 0 radical (unpaired) electrons. The lowest BCUT2D eigenvalue weighted by Crippen LogP contribution is -2.45. The molecule has 20 heavy (non-hydrogen) atoms. The van der Waals surface area contributed by atoms with E-state index in [1.807, 2.05) is 13.8 Å². The summed E-state index contributed by atoms with van der Waals surface area (Å²) < 4.78 is 10.7. The maximum Gasteiger partial charge on any atom is 0.311 e. The number of carboxylic acids is 1. The van der Waals surface area contributed by atoms with Crippen LogP contribution in [-0.4, -0.2) is 60.9 Å². The quantitative estimate of drug-likeness (QED) is 0.806. The highest BCUT2D eigenvalue weighted by molar-refractivity contribution is 5.81. The van der Waals surface area contributed by atoms with Gasteiger partial charge in [0.15, 0.2) is 0 Å². The molecule has 114 valence electrons. The Morgan fingerprint density at radius 1 is 1.50 bits per heavy atom. The van der Waals surface area contributed by atoms with E-state index < -0.39 is 11.4 Å². The zero-order chi connectivity index (χ0) is 14.8. The first-order chi connectivity index (χ1) is 9.45. The highest BCUT2D eigenvalue weighted by atomic mass is 16.5. The first-order valence-electron chi connectivity index (χ1n) is 7.16. The van der Waals surface area contributed by atoms with Crippen LogP contribution in [0.1, 0.15) is 26.7 Å². The smallest absolute Gasteiger partial charge is 0.311 e. The Bertz CT molecular complexity index is 384. The average molecular weight is 285 g/mol. The molecule has 2 aliphatic heterocycles. The Hall–Kier alpha value is -1.14. The standard InChI is InChI=1S/C14H23NO5/c1-10(2)20-5-3-12(16)15-7-11-8-19-6-4-14(11,9-15)13(17)18/h10-11H,3-9H2,1-2H3,(H,17,18)/t11-,14+/m0/s1. The number of ether oxygens (including phenoxy) is 2. The van der Waals surface area contributed by atoms with Crippen LogP contribution in [-0.2, 0) is 19.1 Å². The molecule has 2 rings (SSSR count). The van der Waals surface area contributed by atoms with Gasteiger partial charge in [-0.05, 0) is 20.3 Å². The highest BCUT2D eigenvalue weighted by Crippen LogP contribution is 2.42. The van der Waals surface area contributed by atoms with Crippen LogP contribution in [0.2, 0.25) is 0 Å². The molecule has 0 aromatic rings. The lowest BCUT2D eigenvalue weighted by atomic mass is 9.74. The van der Waals surface area contributed by atoms with Crippen molar-refractivity contribution in [2.24, 2.45) is 11.3 Å². The molecule has 1 amide bonds. The Balaban J connectivity index is 1.95. The third kappa shape index (κ3) is 2.96. The average Bonchev–Trinajstić information content (AvgIpc) is 2.79. The summed E-state index contributed by atoms with van der Waals surface area (Å²) in [7, 11) is 0. The predicted molar refractivity (Wildman–Crippen MR) is 71.3 cm³/mol. The summed E-state index contributed by atoms with van der Waals surface area (Å²) in [5.41, 5.74) is -0.813. The van der Waals surface area contributed by atoms with Crippen molar-refractivity contribution in [3.63, 3.8) is 0 Å². The van der Waals surface area contributed by atoms with Crippen molar-refractivity contribution in [1.82, 2.24) is 4.90 Å². The molecule has 0 saturated carbocycles. The van der Waals surface area contributed by atoms with Crippen molar-refractivity contribution in [2.75, 3.05) is 32.9 Å². The SMILES string of the molecule is CC(C)OCCC(=O)N1C[C@H]2COCC[C@@]2(C(=O)O)C1. The number of aliphatic carboxylic acids is 1. The zero-order valence-electron chi connectivity index (χ0n) is 12.1. The predicted octanol–water partition coefficient (Wildman–Crippen LogP) is 0.751. The van der Waals surface area contributed by atoms with Crippen molar-refractivity contribution in [2.45, 2.75) is 32.8 Å². The number of carboxylic acid groups (broad SMARTS) is 1. The summed E-state index contributed by atoms with van der Waals surface area (Å²) in [4.78, 5) is 25.4. The minimum Gasteiger partial charge on any atom is -0.481 e. The molecule has 0 unspecified atom stereocenters. The Morgan fingerprint density at radius 3 is 2.85 bits per heavy atom. The number of amides is 1. The fourth-order valence-electron chi connectivity index (χ4n) is 3.03. The molecule has 2 atom stereocenters. The van der Waals surface area contributed by atoms with Gasteiger partial charge in [-0.2, -0.15) is 0 Å². The van der Waals surface area contributed by atoms with Crippen LogP contribution in [0.15, 0.2) is 0 Å². The molecular formula is C14H23NO5. The van der Waals surface area contributed by atoms with Crippen LogP contribution in [0.3, 0.4) is 0 Å². The van der Waals surface area contributed by atoms with E-state index in [1.54, 1.807) is 4.90 Å². The van der Waals surface area contributed by atoms with Gasteiger partial charge < -0.3 is 19.5 Å². The third-order valence-electron chi connectivity index (χ3n) is 4.25. The van der Waals surface area contributed by atoms with E-state index in [0.717, 1.165) is 0 Å². The number of likely N-dealkylation sites (tertiary alicyclic amines) is 1. The molecule has 0 spiro atoms. The summed E-state index contributed by atoms with van der Waals surface area (Å²) in [6, 6.07) is 0. The summed E-state index contributed by atoms with van der Waals surface area (Å²) >= 11 is 0. The summed E-state index contributed by atoms with van der Waals surface area (Å²) in [5, 5.41) is 9.53. The maximum absolute atomic E-state index is 12.1. The number of carbonyl (C=O) groups excluding carboxylic acids is 1. The number of carbonyl (C=O) groups is 2. The molecule has 6 nitrogen and oxygen atoms in total. The van der Waals surface area contributed by atoms with Gasteiger partial charge in [0.1, 0.15) is 0 Å². The summed E-state index contributed by atoms with van der Waals surface area (Å²) in [5.74, 6) is -0.927. The molecule has 1 N–H and O–H groups in total. The lowest BCUT2D eigenvalue weighted by molar-refractivity contribution is -0.157. The van der Waals surface area contributed by atoms with Crippen molar-refractivity contribution >= 4 is 11.9 Å². The van der Waals surface area contributed by atoms with E-state index >= 15 is 0 Å². The summed E-state index contributed by atoms with van der Waals surface area (Å²) in [6.45, 7) is 5.90. The molecule has 0 aromatic carbocycles. The van der Waals surface area contributed by atoms with Crippen LogP contribution in [0.25, 0.3) is 0 Å². The molecule has 2 fully saturated rings. The van der Waals surface area contributed by atoms with Gasteiger partial charge in [0.2, 0.25) is 5.91 Å². The van der Waals surface area contributed by atoms with Crippen LogP contribution < -0.4 is 0 Å². The normalized spacial score (nSPS) is 29.6. The topological polar surface area (TPSA) is 76.1 Å². The minimum absolute atomic E-state index is 0.0272. The molecule has 6 heteroatoms. The monoisotopic (exact) mass is 285 g/mol. The van der Waals surface area contributed by atoms with E-state index in [1.165, 1.54) is 0 Å². The van der Waals surface area contributed by atoms with Gasteiger partial charge in [-0.1, -0.05) is 0 Å². The molecule has 0 aromatic heterocycles. The van der Waals surface area contributed by atoms with Crippen molar-refractivity contribution in [3.05, 3.63) is 0 Å². The molecule has 0 aliphatic carbocycles. The Morgan fingerprint density at radius 2 is 2.25 bits per heavy atom. The van der Waals surface area contributed by atoms with E-state index in [4.69, 9.17) is 9.47 Å². The zero-order valence-corrected chi connectivity index (χ0v) is 12.1. The fourth-order valence-corrected chi connectivity index (χ4v) is 3.03. The molecular weight excluding hydrogens is 262 g/mol. The van der Waals surface area contributed by atoms with Crippen LogP contribution in [0, 0.1) is 11.3 Å². The van der Waals surface area contributed by atoms with E-state index in [0.29, 0.717) is 45.8 Å². The van der Waals surface area contributed by atoms with E-state index in [2.05, 4.69) is 0 Å². The molecule has 2 heterocycles. The second-order valence-corrected chi connectivity index (χ2v) is 5.93. The molecule has 2 saturated heterocycles. The number of nitrogens with zero attached hydrogens (tertiary/aromatic N) is 1. The van der Waals surface area contributed by atoms with Crippen LogP contribution >= 0.6 is 0 Å². The molecule has 2 aliphatic rings. The number of rotatable bonds is 5. The second-order valence-electron chi connectivity index (χ2n) is 5.93. The maximum atomic E-state index is 12.1. The highest BCUT2D eigenvalue weighted by Gasteiger charge is 2.54. The first kappa shape index (κ1) is 15.3. The van der Waals surface area contributed by atoms with E-state index in [-0.39, 0.29) is 17.9 Å². The molecule has 0 bridgehead atoms. The Kier molecular flexibility index (Phi) is 4.65.